The first-order valence-corrected chi connectivity index (χ1v) is 6.51. The lowest BCUT2D eigenvalue weighted by atomic mass is 9.97. The summed E-state index contributed by atoms with van der Waals surface area (Å²) in [7, 11) is 0. The van der Waals surface area contributed by atoms with Gasteiger partial charge in [0.05, 0.1) is 6.04 Å². The van der Waals surface area contributed by atoms with Crippen LogP contribution in [0.4, 0.5) is 0 Å². The van der Waals surface area contributed by atoms with Crippen molar-refractivity contribution in [3.63, 3.8) is 0 Å². The fraction of sp³-hybridized carbons (Fsp3) is 0.200. The zero-order valence-corrected chi connectivity index (χ0v) is 11.9. The molecule has 1 unspecified atom stereocenters. The second-order valence-corrected chi connectivity index (χ2v) is 5.39. The van der Waals surface area contributed by atoms with Gasteiger partial charge in [0.25, 0.3) is 0 Å². The van der Waals surface area contributed by atoms with E-state index in [1.54, 1.807) is 0 Å². The summed E-state index contributed by atoms with van der Waals surface area (Å²) < 4.78 is 0. The summed E-state index contributed by atoms with van der Waals surface area (Å²) in [5, 5.41) is 1.44. The van der Waals surface area contributed by atoms with Crippen molar-refractivity contribution in [2.24, 2.45) is 5.73 Å². The van der Waals surface area contributed by atoms with Gasteiger partial charge in [0.15, 0.2) is 0 Å². The lowest BCUT2D eigenvalue weighted by molar-refractivity contribution is 0.869. The quantitative estimate of drug-likeness (QED) is 0.850. The SMILES string of the molecule is Cc1cc(Cl)cc(C(N)c2ccc(C)c(Cl)c2)c1. The Hall–Kier alpha value is -1.02. The monoisotopic (exact) mass is 279 g/mol. The van der Waals surface area contributed by atoms with Gasteiger partial charge in [0.1, 0.15) is 0 Å². The van der Waals surface area contributed by atoms with Crippen LogP contribution < -0.4 is 5.73 Å². The number of nitrogens with two attached hydrogens (primary N) is 1. The Morgan fingerprint density at radius 2 is 1.67 bits per heavy atom. The molecule has 0 aliphatic carbocycles. The Bertz CT molecular complexity index is 558. The molecule has 0 spiro atoms. The van der Waals surface area contributed by atoms with Crippen molar-refractivity contribution >= 4 is 23.2 Å². The Labute approximate surface area is 118 Å². The highest BCUT2D eigenvalue weighted by molar-refractivity contribution is 6.31. The van der Waals surface area contributed by atoms with E-state index in [9.17, 15) is 0 Å². The van der Waals surface area contributed by atoms with E-state index >= 15 is 0 Å². The zero-order chi connectivity index (χ0) is 13.3. The molecule has 0 amide bonds. The predicted molar refractivity (Wildman–Crippen MR) is 78.4 cm³/mol. The average molecular weight is 280 g/mol. The molecule has 2 N–H and O–H groups in total. The molecule has 94 valence electrons. The van der Waals surface area contributed by atoms with Gasteiger partial charge in [0, 0.05) is 10.0 Å². The van der Waals surface area contributed by atoms with Crippen molar-refractivity contribution < 1.29 is 0 Å². The molecular weight excluding hydrogens is 265 g/mol. The van der Waals surface area contributed by atoms with Crippen LogP contribution in [0, 0.1) is 13.8 Å². The second kappa shape index (κ2) is 5.31. The van der Waals surface area contributed by atoms with Crippen LogP contribution in [0.15, 0.2) is 36.4 Å². The molecule has 18 heavy (non-hydrogen) atoms. The molecule has 0 aliphatic heterocycles. The van der Waals surface area contributed by atoms with Crippen LogP contribution in [0.5, 0.6) is 0 Å². The lowest BCUT2D eigenvalue weighted by Crippen LogP contribution is -2.12. The number of benzene rings is 2. The molecule has 1 atom stereocenters. The number of aryl methyl sites for hydroxylation is 2. The van der Waals surface area contributed by atoms with E-state index < -0.39 is 0 Å². The summed E-state index contributed by atoms with van der Waals surface area (Å²) in [6.07, 6.45) is 0. The van der Waals surface area contributed by atoms with E-state index in [1.165, 1.54) is 0 Å². The van der Waals surface area contributed by atoms with E-state index in [0.717, 1.165) is 27.3 Å². The van der Waals surface area contributed by atoms with E-state index in [0.29, 0.717) is 5.02 Å². The first kappa shape index (κ1) is 13.4. The molecule has 2 aromatic carbocycles. The molecule has 0 aliphatic rings. The third-order valence-corrected chi connectivity index (χ3v) is 3.60. The van der Waals surface area contributed by atoms with Gasteiger partial charge in [-0.25, -0.2) is 0 Å². The standard InChI is InChI=1S/C15H15Cl2N/c1-9-5-12(7-13(16)6-9)15(18)11-4-3-10(2)14(17)8-11/h3-8,15H,18H2,1-2H3. The van der Waals surface area contributed by atoms with Crippen molar-refractivity contribution in [2.45, 2.75) is 19.9 Å². The van der Waals surface area contributed by atoms with Crippen LogP contribution >= 0.6 is 23.2 Å². The Kier molecular flexibility index (Phi) is 3.96. The first-order valence-electron chi connectivity index (χ1n) is 5.76. The van der Waals surface area contributed by atoms with Crippen LogP contribution in [-0.4, -0.2) is 0 Å². The molecule has 2 rings (SSSR count). The zero-order valence-electron chi connectivity index (χ0n) is 10.4. The predicted octanol–water partition coefficient (Wildman–Crippen LogP) is 4.66. The second-order valence-electron chi connectivity index (χ2n) is 4.55. The number of hydrogen-bond acceptors (Lipinski definition) is 1. The van der Waals surface area contributed by atoms with Gasteiger partial charge in [0.2, 0.25) is 0 Å². The van der Waals surface area contributed by atoms with Crippen LogP contribution in [0.25, 0.3) is 0 Å². The topological polar surface area (TPSA) is 26.0 Å². The lowest BCUT2D eigenvalue weighted by Gasteiger charge is -2.15. The van der Waals surface area contributed by atoms with Crippen molar-refractivity contribution in [3.05, 3.63) is 68.7 Å². The average Bonchev–Trinajstić information content (AvgIpc) is 2.30. The van der Waals surface area contributed by atoms with Gasteiger partial charge in [-0.15, -0.1) is 0 Å². The number of hydrogen-bond donors (Lipinski definition) is 1. The molecule has 2 aromatic rings. The van der Waals surface area contributed by atoms with Gasteiger partial charge in [-0.3, -0.25) is 0 Å². The van der Waals surface area contributed by atoms with Crippen LogP contribution in [0.2, 0.25) is 10.0 Å². The minimum absolute atomic E-state index is 0.208. The third kappa shape index (κ3) is 2.86. The highest BCUT2D eigenvalue weighted by atomic mass is 35.5. The van der Waals surface area contributed by atoms with Gasteiger partial charge >= 0.3 is 0 Å². The molecule has 0 saturated carbocycles. The van der Waals surface area contributed by atoms with Crippen molar-refractivity contribution in [1.29, 1.82) is 0 Å². The normalized spacial score (nSPS) is 12.5. The maximum Gasteiger partial charge on any atom is 0.0552 e. The van der Waals surface area contributed by atoms with Gasteiger partial charge in [-0.05, 0) is 54.3 Å². The summed E-state index contributed by atoms with van der Waals surface area (Å²) in [5.41, 5.74) is 10.4. The third-order valence-electron chi connectivity index (χ3n) is 2.98. The number of rotatable bonds is 2. The Morgan fingerprint density at radius 1 is 0.944 bits per heavy atom. The van der Waals surface area contributed by atoms with E-state index in [-0.39, 0.29) is 6.04 Å². The molecule has 3 heteroatoms. The first-order chi connectivity index (χ1) is 8.47. The summed E-state index contributed by atoms with van der Waals surface area (Å²) in [6, 6.07) is 11.5. The molecule has 0 heterocycles. The van der Waals surface area contributed by atoms with E-state index in [1.807, 2.05) is 50.2 Å². The summed E-state index contributed by atoms with van der Waals surface area (Å²) in [4.78, 5) is 0. The summed E-state index contributed by atoms with van der Waals surface area (Å²) in [6.45, 7) is 3.98. The molecule has 0 bridgehead atoms. The van der Waals surface area contributed by atoms with Crippen LogP contribution in [0.3, 0.4) is 0 Å². The maximum absolute atomic E-state index is 6.26. The van der Waals surface area contributed by atoms with Crippen molar-refractivity contribution in [1.82, 2.24) is 0 Å². The summed E-state index contributed by atoms with van der Waals surface area (Å²) in [5.74, 6) is 0. The molecule has 1 nitrogen and oxygen atoms in total. The fourth-order valence-electron chi connectivity index (χ4n) is 1.94. The highest BCUT2D eigenvalue weighted by Gasteiger charge is 2.11. The minimum Gasteiger partial charge on any atom is -0.320 e. The molecule has 0 aromatic heterocycles. The van der Waals surface area contributed by atoms with Gasteiger partial charge < -0.3 is 5.73 Å². The van der Waals surface area contributed by atoms with E-state index in [2.05, 4.69) is 0 Å². The number of halogens is 2. The molecule has 0 fully saturated rings. The summed E-state index contributed by atoms with van der Waals surface area (Å²) >= 11 is 12.2. The Morgan fingerprint density at radius 3 is 2.28 bits per heavy atom. The molecular formula is C15H15Cl2N. The fourth-order valence-corrected chi connectivity index (χ4v) is 2.43. The Balaban J connectivity index is 2.40. The van der Waals surface area contributed by atoms with E-state index in [4.69, 9.17) is 28.9 Å². The van der Waals surface area contributed by atoms with Gasteiger partial charge in [-0.1, -0.05) is 41.4 Å². The highest BCUT2D eigenvalue weighted by Crippen LogP contribution is 2.26. The largest absolute Gasteiger partial charge is 0.320 e. The minimum atomic E-state index is -0.208. The van der Waals surface area contributed by atoms with Crippen LogP contribution in [0.1, 0.15) is 28.3 Å². The maximum atomic E-state index is 6.26. The van der Waals surface area contributed by atoms with Crippen molar-refractivity contribution in [2.75, 3.05) is 0 Å². The van der Waals surface area contributed by atoms with Crippen molar-refractivity contribution in [3.8, 4) is 0 Å². The molecule has 0 radical (unpaired) electrons. The van der Waals surface area contributed by atoms with Gasteiger partial charge in [-0.2, -0.15) is 0 Å². The smallest absolute Gasteiger partial charge is 0.0552 e. The molecule has 0 saturated heterocycles. The van der Waals surface area contributed by atoms with Crippen LogP contribution in [-0.2, 0) is 0 Å².